The van der Waals surface area contributed by atoms with Gasteiger partial charge in [0.25, 0.3) is 0 Å². The topological polar surface area (TPSA) is 69.6 Å². The van der Waals surface area contributed by atoms with Crippen LogP contribution in [-0.2, 0) is 20.1 Å². The van der Waals surface area contributed by atoms with Gasteiger partial charge in [0.1, 0.15) is 0 Å². The van der Waals surface area contributed by atoms with Crippen molar-refractivity contribution in [1.29, 1.82) is 0 Å². The summed E-state index contributed by atoms with van der Waals surface area (Å²) in [6, 6.07) is 62.0. The van der Waals surface area contributed by atoms with Gasteiger partial charge in [0, 0.05) is 65.5 Å². The van der Waals surface area contributed by atoms with Gasteiger partial charge in [-0.05, 0) is 71.2 Å². The second-order valence-corrected chi connectivity index (χ2v) is 24.9. The Bertz CT molecular complexity index is 3560. The van der Waals surface area contributed by atoms with Crippen molar-refractivity contribution >= 4 is 57.3 Å². The molecule has 0 amide bonds. The SMILES string of the molecule is CC(C)c1c[c-]c(-c2ccc([Si](C)(C)C)cn2)cc1.Cc1ccc2c(ccc3nc(-c4[c-]ccc5c4oc4nc(C(C)C(C)C)ccc45)n(-c4c(-c5ccccc5)cccc4-c4ccccc4)c32)n1.[Ir]. The number of pyridine rings is 3. The zero-order valence-corrected chi connectivity index (χ0v) is 44.7. The van der Waals surface area contributed by atoms with Crippen molar-refractivity contribution in [2.45, 2.75) is 73.0 Å². The average Bonchev–Trinajstić information content (AvgIpc) is 3.95. The Labute approximate surface area is 426 Å². The first kappa shape index (κ1) is 48.2. The van der Waals surface area contributed by atoms with Crippen LogP contribution in [-0.4, -0.2) is 32.6 Å². The quantitative estimate of drug-likeness (QED) is 0.106. The van der Waals surface area contributed by atoms with Crippen LogP contribution in [0.3, 0.4) is 0 Å². The zero-order chi connectivity index (χ0) is 48.0. The molecule has 1 radical (unpaired) electrons. The van der Waals surface area contributed by atoms with Crippen LogP contribution in [0.2, 0.25) is 19.6 Å². The van der Waals surface area contributed by atoms with E-state index in [0.717, 1.165) is 100 Å². The molecule has 0 spiro atoms. The first-order chi connectivity index (χ1) is 33.3. The van der Waals surface area contributed by atoms with Crippen LogP contribution in [0.25, 0.3) is 94.6 Å². The molecule has 6 nitrogen and oxygen atoms in total. The standard InChI is InChI=1S/C45H35N4O.C17H22NSi.Ir/c1-27(2)29(4)38-24-23-35-34-19-12-20-37(43(34)50-45(35)48-38)44-47-40-26-25-39-36(22-21-28(3)46-39)42(40)49(44)41-32(30-13-7-5-8-14-30)17-11-18-33(41)31-15-9-6-10-16-31;1-13(2)14-6-8-15(9-7-14)17-11-10-16(12-18-17)19(3,4)5;/h5-19,21-27,29H,1-4H3;6-8,10-13H,1-5H3;/q2*-1;. The van der Waals surface area contributed by atoms with Crippen molar-refractivity contribution in [1.82, 2.24) is 24.5 Å². The molecule has 0 N–H and O–H groups in total. The fourth-order valence-electron chi connectivity index (χ4n) is 9.10. The Kier molecular flexibility index (Phi) is 13.7. The predicted octanol–water partition coefficient (Wildman–Crippen LogP) is 16.0. The maximum absolute atomic E-state index is 6.72. The summed E-state index contributed by atoms with van der Waals surface area (Å²) in [7, 11) is -1.25. The zero-order valence-electron chi connectivity index (χ0n) is 41.3. The fraction of sp³-hybridized carbons (Fsp3) is 0.194. The predicted molar refractivity (Wildman–Crippen MR) is 290 cm³/mol. The molecule has 0 aliphatic carbocycles. The molecule has 351 valence electrons. The van der Waals surface area contributed by atoms with Crippen molar-refractivity contribution < 1.29 is 24.5 Å². The molecule has 0 bridgehead atoms. The molecule has 0 saturated carbocycles. The maximum atomic E-state index is 6.72. The number of aryl methyl sites for hydroxylation is 1. The molecular weight excluding hydrogens is 1050 g/mol. The van der Waals surface area contributed by atoms with Gasteiger partial charge in [-0.25, -0.2) is 4.98 Å². The summed E-state index contributed by atoms with van der Waals surface area (Å²) in [5, 5.41) is 4.40. The summed E-state index contributed by atoms with van der Waals surface area (Å²) in [6.07, 6.45) is 2.03. The number of aromatic nitrogens is 5. The molecule has 1 atom stereocenters. The van der Waals surface area contributed by atoms with E-state index in [2.05, 4.69) is 228 Å². The minimum atomic E-state index is -1.25. The number of hydrogen-bond acceptors (Lipinski definition) is 5. The number of rotatable bonds is 9. The summed E-state index contributed by atoms with van der Waals surface area (Å²) in [5.74, 6) is 2.06. The molecular formula is C62H57IrN5OSi-2. The third kappa shape index (κ3) is 9.32. The van der Waals surface area contributed by atoms with Crippen LogP contribution in [0.1, 0.15) is 63.4 Å². The van der Waals surface area contributed by atoms with E-state index in [9.17, 15) is 0 Å². The van der Waals surface area contributed by atoms with E-state index < -0.39 is 8.07 Å². The van der Waals surface area contributed by atoms with Crippen LogP contribution in [0, 0.1) is 25.0 Å². The molecule has 5 heterocycles. The third-order valence-electron chi connectivity index (χ3n) is 13.5. The van der Waals surface area contributed by atoms with Gasteiger partial charge in [0.05, 0.1) is 41.7 Å². The Morgan fingerprint density at radius 2 is 1.30 bits per heavy atom. The summed E-state index contributed by atoms with van der Waals surface area (Å²) in [4.78, 5) is 20.0. The molecule has 1 unspecified atom stereocenters. The van der Waals surface area contributed by atoms with Crippen molar-refractivity contribution in [3.8, 4) is 50.6 Å². The van der Waals surface area contributed by atoms with Crippen molar-refractivity contribution in [2.24, 2.45) is 5.92 Å². The molecule has 11 rings (SSSR count). The molecule has 0 aliphatic heterocycles. The number of hydrogen-bond donors (Lipinski definition) is 0. The molecule has 0 fully saturated rings. The minimum Gasteiger partial charge on any atom is -0.486 e. The Balaban J connectivity index is 0.000000257. The smallest absolute Gasteiger partial charge is 0.216 e. The van der Waals surface area contributed by atoms with Crippen LogP contribution < -0.4 is 5.19 Å². The van der Waals surface area contributed by atoms with Crippen LogP contribution in [0.15, 0.2) is 168 Å². The first-order valence-corrected chi connectivity index (χ1v) is 27.6. The average molecular weight is 1110 g/mol. The monoisotopic (exact) mass is 1110 g/mol. The fourth-order valence-corrected chi connectivity index (χ4v) is 10.1. The number of para-hydroxylation sites is 1. The van der Waals surface area contributed by atoms with E-state index in [1.165, 1.54) is 10.8 Å². The summed E-state index contributed by atoms with van der Waals surface area (Å²) < 4.78 is 9.04. The van der Waals surface area contributed by atoms with Gasteiger partial charge in [-0.2, -0.15) is 0 Å². The molecule has 0 saturated heterocycles. The Hall–Kier alpha value is -6.83. The largest absolute Gasteiger partial charge is 0.486 e. The molecule has 5 aromatic heterocycles. The van der Waals surface area contributed by atoms with E-state index in [-0.39, 0.29) is 20.1 Å². The Morgan fingerprint density at radius 1 is 0.614 bits per heavy atom. The Morgan fingerprint density at radius 3 is 1.91 bits per heavy atom. The minimum absolute atomic E-state index is 0. The number of imidazole rings is 1. The normalized spacial score (nSPS) is 12.2. The van der Waals surface area contributed by atoms with Crippen molar-refractivity contribution in [3.63, 3.8) is 0 Å². The van der Waals surface area contributed by atoms with E-state index in [0.29, 0.717) is 23.5 Å². The number of benzene rings is 6. The number of furan rings is 1. The molecule has 0 aliphatic rings. The molecule has 70 heavy (non-hydrogen) atoms. The van der Waals surface area contributed by atoms with Gasteiger partial charge in [0.15, 0.2) is 0 Å². The van der Waals surface area contributed by atoms with Crippen LogP contribution in [0.4, 0.5) is 0 Å². The van der Waals surface area contributed by atoms with Gasteiger partial charge in [0.2, 0.25) is 5.71 Å². The van der Waals surface area contributed by atoms with Gasteiger partial charge in [-0.1, -0.05) is 162 Å². The number of nitrogens with zero attached hydrogens (tertiary/aromatic N) is 5. The first-order valence-electron chi connectivity index (χ1n) is 24.1. The van der Waals surface area contributed by atoms with Gasteiger partial charge >= 0.3 is 0 Å². The van der Waals surface area contributed by atoms with Crippen molar-refractivity contribution in [3.05, 3.63) is 193 Å². The second-order valence-electron chi connectivity index (χ2n) is 19.8. The van der Waals surface area contributed by atoms with E-state index >= 15 is 0 Å². The number of fused-ring (bicyclic) bond motifs is 6. The van der Waals surface area contributed by atoms with E-state index in [1.54, 1.807) is 0 Å². The summed E-state index contributed by atoms with van der Waals surface area (Å²) in [5.41, 5.74) is 15.8. The van der Waals surface area contributed by atoms with E-state index in [1.807, 2.05) is 19.2 Å². The summed E-state index contributed by atoms with van der Waals surface area (Å²) in [6.45, 7) is 20.1. The maximum Gasteiger partial charge on any atom is 0.216 e. The van der Waals surface area contributed by atoms with Gasteiger partial charge < -0.3 is 14.0 Å². The van der Waals surface area contributed by atoms with E-state index in [4.69, 9.17) is 19.4 Å². The third-order valence-corrected chi connectivity index (χ3v) is 15.5. The summed E-state index contributed by atoms with van der Waals surface area (Å²) >= 11 is 0. The van der Waals surface area contributed by atoms with Gasteiger partial charge in [-0.15, -0.1) is 53.6 Å². The van der Waals surface area contributed by atoms with Crippen LogP contribution >= 0.6 is 0 Å². The molecule has 6 aromatic carbocycles. The second kappa shape index (κ2) is 19.9. The molecule has 11 aromatic rings. The molecule has 8 heteroatoms. The van der Waals surface area contributed by atoms with Crippen molar-refractivity contribution in [2.75, 3.05) is 0 Å². The van der Waals surface area contributed by atoms with Crippen LogP contribution in [0.5, 0.6) is 0 Å². The van der Waals surface area contributed by atoms with Gasteiger partial charge in [-0.3, -0.25) is 9.97 Å².